The number of guanidine groups is 1. The second-order valence-electron chi connectivity index (χ2n) is 4.59. The summed E-state index contributed by atoms with van der Waals surface area (Å²) in [4.78, 5) is 4.22. The highest BCUT2D eigenvalue weighted by atomic mass is 127. The van der Waals surface area contributed by atoms with Crippen molar-refractivity contribution < 1.29 is 4.74 Å². The molecule has 1 aromatic carbocycles. The first kappa shape index (κ1) is 20.2. The molecule has 2 N–H and O–H groups in total. The van der Waals surface area contributed by atoms with Gasteiger partial charge in [-0.15, -0.1) is 24.0 Å². The molecule has 0 saturated carbocycles. The Morgan fingerprint density at radius 2 is 1.90 bits per heavy atom. The number of ether oxygens (including phenoxy) is 1. The number of hydrogen-bond donors (Lipinski definition) is 2. The first-order valence-corrected chi connectivity index (χ1v) is 7.39. The molecule has 0 spiro atoms. The van der Waals surface area contributed by atoms with E-state index in [9.17, 15) is 0 Å². The fourth-order valence-corrected chi connectivity index (χ4v) is 2.05. The van der Waals surface area contributed by atoms with Gasteiger partial charge in [-0.05, 0) is 18.9 Å². The molecular formula is C16H28IN3O. The summed E-state index contributed by atoms with van der Waals surface area (Å²) in [6.45, 7) is 7.32. The van der Waals surface area contributed by atoms with Crippen LogP contribution in [0.4, 0.5) is 0 Å². The van der Waals surface area contributed by atoms with Gasteiger partial charge in [0, 0.05) is 32.7 Å². The molecule has 0 aliphatic heterocycles. The monoisotopic (exact) mass is 405 g/mol. The van der Waals surface area contributed by atoms with Gasteiger partial charge < -0.3 is 15.4 Å². The molecule has 0 aromatic heterocycles. The lowest BCUT2D eigenvalue weighted by Gasteiger charge is -2.18. The van der Waals surface area contributed by atoms with Crippen LogP contribution in [0.2, 0.25) is 0 Å². The molecule has 1 unspecified atom stereocenters. The topological polar surface area (TPSA) is 45.6 Å². The van der Waals surface area contributed by atoms with Crippen molar-refractivity contribution in [3.8, 4) is 0 Å². The SMILES string of the molecule is CCOCCNC(=NC)NCC(CC)c1ccccc1.I. The fourth-order valence-electron chi connectivity index (χ4n) is 2.05. The molecule has 1 aromatic rings. The van der Waals surface area contributed by atoms with Crippen molar-refractivity contribution in [2.24, 2.45) is 4.99 Å². The number of rotatable bonds is 8. The summed E-state index contributed by atoms with van der Waals surface area (Å²) in [6, 6.07) is 10.6. The number of nitrogens with zero attached hydrogens (tertiary/aromatic N) is 1. The van der Waals surface area contributed by atoms with Crippen molar-refractivity contribution in [2.75, 3.05) is 33.4 Å². The number of aliphatic imine (C=N–C) groups is 1. The summed E-state index contributed by atoms with van der Waals surface area (Å²) in [7, 11) is 1.79. The lowest BCUT2D eigenvalue weighted by molar-refractivity contribution is 0.152. The molecule has 1 atom stereocenters. The molecule has 21 heavy (non-hydrogen) atoms. The lowest BCUT2D eigenvalue weighted by Crippen LogP contribution is -2.40. The van der Waals surface area contributed by atoms with Crippen LogP contribution in [0, 0.1) is 0 Å². The number of halogens is 1. The van der Waals surface area contributed by atoms with Gasteiger partial charge in [0.25, 0.3) is 0 Å². The Kier molecular flexibility index (Phi) is 12.4. The minimum Gasteiger partial charge on any atom is -0.380 e. The molecule has 120 valence electrons. The Bertz CT molecular complexity index is 384. The molecule has 0 aliphatic rings. The standard InChI is InChI=1S/C16H27N3O.HI/c1-4-14(15-9-7-6-8-10-15)13-19-16(17-3)18-11-12-20-5-2;/h6-10,14H,4-5,11-13H2,1-3H3,(H2,17,18,19);1H. The van der Waals surface area contributed by atoms with Crippen LogP contribution in [0.25, 0.3) is 0 Å². The molecule has 0 amide bonds. The Balaban J connectivity index is 0.00000400. The molecule has 0 bridgehead atoms. The molecule has 0 saturated heterocycles. The molecule has 0 radical (unpaired) electrons. The number of nitrogens with one attached hydrogen (secondary N) is 2. The van der Waals surface area contributed by atoms with Crippen molar-refractivity contribution >= 4 is 29.9 Å². The van der Waals surface area contributed by atoms with Gasteiger partial charge in [0.15, 0.2) is 5.96 Å². The largest absolute Gasteiger partial charge is 0.380 e. The van der Waals surface area contributed by atoms with Gasteiger partial charge in [-0.3, -0.25) is 4.99 Å². The fraction of sp³-hybridized carbons (Fsp3) is 0.562. The van der Waals surface area contributed by atoms with E-state index >= 15 is 0 Å². The van der Waals surface area contributed by atoms with E-state index in [-0.39, 0.29) is 24.0 Å². The van der Waals surface area contributed by atoms with Crippen molar-refractivity contribution in [3.63, 3.8) is 0 Å². The van der Waals surface area contributed by atoms with Crippen LogP contribution in [0.1, 0.15) is 31.7 Å². The second kappa shape index (κ2) is 12.9. The number of hydrogen-bond acceptors (Lipinski definition) is 2. The van der Waals surface area contributed by atoms with E-state index in [1.807, 2.05) is 6.92 Å². The first-order valence-electron chi connectivity index (χ1n) is 7.39. The van der Waals surface area contributed by atoms with E-state index < -0.39 is 0 Å². The molecule has 0 aliphatic carbocycles. The first-order chi connectivity index (χ1) is 9.81. The van der Waals surface area contributed by atoms with Crippen LogP contribution >= 0.6 is 24.0 Å². The van der Waals surface area contributed by atoms with E-state index in [1.54, 1.807) is 7.05 Å². The van der Waals surface area contributed by atoms with Gasteiger partial charge in [-0.2, -0.15) is 0 Å². The predicted octanol–water partition coefficient (Wildman–Crippen LogP) is 3.00. The average molecular weight is 405 g/mol. The van der Waals surface area contributed by atoms with Crippen molar-refractivity contribution in [3.05, 3.63) is 35.9 Å². The summed E-state index contributed by atoms with van der Waals surface area (Å²) in [5.74, 6) is 1.33. The smallest absolute Gasteiger partial charge is 0.191 e. The van der Waals surface area contributed by atoms with Crippen LogP contribution in [-0.4, -0.2) is 39.3 Å². The maximum atomic E-state index is 5.30. The Morgan fingerprint density at radius 1 is 1.19 bits per heavy atom. The van der Waals surface area contributed by atoms with Gasteiger partial charge in [-0.1, -0.05) is 37.3 Å². The van der Waals surface area contributed by atoms with Crippen molar-refractivity contribution in [1.29, 1.82) is 0 Å². The highest BCUT2D eigenvalue weighted by Gasteiger charge is 2.09. The minimum atomic E-state index is 0. The van der Waals surface area contributed by atoms with E-state index in [2.05, 4.69) is 52.9 Å². The maximum Gasteiger partial charge on any atom is 0.191 e. The molecule has 4 nitrogen and oxygen atoms in total. The summed E-state index contributed by atoms with van der Waals surface area (Å²) in [6.07, 6.45) is 1.10. The molecule has 5 heteroatoms. The molecule has 1 rings (SSSR count). The average Bonchev–Trinajstić information content (AvgIpc) is 2.51. The third-order valence-electron chi connectivity index (χ3n) is 3.25. The van der Waals surface area contributed by atoms with Gasteiger partial charge in [0.2, 0.25) is 0 Å². The Labute approximate surface area is 145 Å². The molecule has 0 fully saturated rings. The van der Waals surface area contributed by atoms with Crippen molar-refractivity contribution in [1.82, 2.24) is 10.6 Å². The highest BCUT2D eigenvalue weighted by Crippen LogP contribution is 2.17. The van der Waals surface area contributed by atoms with Gasteiger partial charge in [0.1, 0.15) is 0 Å². The highest BCUT2D eigenvalue weighted by molar-refractivity contribution is 14.0. The predicted molar refractivity (Wildman–Crippen MR) is 101 cm³/mol. The summed E-state index contributed by atoms with van der Waals surface area (Å²) < 4.78 is 5.30. The third-order valence-corrected chi connectivity index (χ3v) is 3.25. The third kappa shape index (κ3) is 8.26. The van der Waals surface area contributed by atoms with Gasteiger partial charge in [0.05, 0.1) is 6.61 Å². The maximum absolute atomic E-state index is 5.30. The van der Waals surface area contributed by atoms with E-state index in [0.29, 0.717) is 12.5 Å². The van der Waals surface area contributed by atoms with Crippen LogP contribution in [0.5, 0.6) is 0 Å². The summed E-state index contributed by atoms with van der Waals surface area (Å²) >= 11 is 0. The van der Waals surface area contributed by atoms with Gasteiger partial charge in [-0.25, -0.2) is 0 Å². The normalized spacial score (nSPS) is 12.4. The van der Waals surface area contributed by atoms with Crippen LogP contribution in [-0.2, 0) is 4.74 Å². The van der Waals surface area contributed by atoms with Gasteiger partial charge >= 0.3 is 0 Å². The summed E-state index contributed by atoms with van der Waals surface area (Å²) in [5.41, 5.74) is 1.37. The quantitative estimate of drug-likeness (QED) is 0.303. The van der Waals surface area contributed by atoms with Crippen molar-refractivity contribution in [2.45, 2.75) is 26.2 Å². The number of benzene rings is 1. The van der Waals surface area contributed by atoms with E-state index in [0.717, 1.165) is 32.1 Å². The van der Waals surface area contributed by atoms with Crippen LogP contribution in [0.3, 0.4) is 0 Å². The van der Waals surface area contributed by atoms with Crippen LogP contribution < -0.4 is 10.6 Å². The molecule has 0 heterocycles. The Hall–Kier alpha value is -0.820. The molecular weight excluding hydrogens is 377 g/mol. The van der Waals surface area contributed by atoms with Crippen LogP contribution in [0.15, 0.2) is 35.3 Å². The zero-order chi connectivity index (χ0) is 14.6. The second-order valence-corrected chi connectivity index (χ2v) is 4.59. The lowest BCUT2D eigenvalue weighted by atomic mass is 9.97. The summed E-state index contributed by atoms with van der Waals surface area (Å²) in [5, 5.41) is 6.63. The zero-order valence-corrected chi connectivity index (χ0v) is 15.6. The minimum absolute atomic E-state index is 0. The Morgan fingerprint density at radius 3 is 2.48 bits per heavy atom. The van der Waals surface area contributed by atoms with E-state index in [1.165, 1.54) is 5.56 Å². The zero-order valence-electron chi connectivity index (χ0n) is 13.3. The van der Waals surface area contributed by atoms with E-state index in [4.69, 9.17) is 4.74 Å².